The largest absolute Gasteiger partial charge is 0.566 e. The van der Waals surface area contributed by atoms with Crippen LogP contribution in [-0.4, -0.2) is 21.8 Å². The van der Waals surface area contributed by atoms with Crippen molar-refractivity contribution in [2.24, 2.45) is 0 Å². The van der Waals surface area contributed by atoms with E-state index >= 15 is 0 Å². The molecule has 0 aromatic carbocycles. The van der Waals surface area contributed by atoms with Crippen molar-refractivity contribution in [2.75, 3.05) is 0 Å². The van der Waals surface area contributed by atoms with Gasteiger partial charge in [0.05, 0.1) is 6.10 Å². The molecule has 2 heterocycles. The Kier molecular flexibility index (Phi) is 3.56. The number of rotatable bonds is 3. The van der Waals surface area contributed by atoms with Crippen LogP contribution in [0.1, 0.15) is 26.5 Å². The van der Waals surface area contributed by atoms with Crippen LogP contribution in [0.2, 0.25) is 0 Å². The zero-order valence-electron chi connectivity index (χ0n) is 11.1. The summed E-state index contributed by atoms with van der Waals surface area (Å²) in [7, 11) is -3.06. The average molecular weight is 289 g/mol. The molecule has 19 heavy (non-hydrogen) atoms. The zero-order chi connectivity index (χ0) is 14.9. The smallest absolute Gasteiger partial charge is 0.488 e. The van der Waals surface area contributed by atoms with Crippen LogP contribution >= 0.6 is 8.25 Å². The lowest BCUT2D eigenvalue weighted by atomic mass is 10.2. The highest BCUT2D eigenvalue weighted by Gasteiger charge is 2.38. The first-order chi connectivity index (χ1) is 9.42. The van der Waals surface area contributed by atoms with Crippen LogP contribution < -0.4 is 16.1 Å². The summed E-state index contributed by atoms with van der Waals surface area (Å²) in [5.41, 5.74) is -0.812. The molecule has 1 saturated heterocycles. The van der Waals surface area contributed by atoms with Crippen LogP contribution in [0.25, 0.3) is 0 Å². The monoisotopic (exact) mass is 289 g/mol. The van der Waals surface area contributed by atoms with E-state index in [1.54, 1.807) is 0 Å². The van der Waals surface area contributed by atoms with E-state index in [1.165, 1.54) is 17.7 Å². The molecular formula is C10H13N2O6P. The quantitative estimate of drug-likeness (QED) is 0.754. The summed E-state index contributed by atoms with van der Waals surface area (Å²) in [6.07, 6.45) is -0.872. The van der Waals surface area contributed by atoms with Crippen LogP contribution in [0.4, 0.5) is 0 Å². The van der Waals surface area contributed by atoms with Gasteiger partial charge < -0.3 is 9.63 Å². The lowest BCUT2D eigenvalue weighted by Gasteiger charge is -2.13. The lowest BCUT2D eigenvalue weighted by molar-refractivity contribution is -0.190. The molecule has 1 aliphatic heterocycles. The van der Waals surface area contributed by atoms with E-state index in [4.69, 9.17) is 6.11 Å². The number of ether oxygens (including phenoxy) is 1. The lowest BCUT2D eigenvalue weighted by Crippen LogP contribution is -2.33. The Morgan fingerprint density at radius 2 is 2.42 bits per heavy atom. The van der Waals surface area contributed by atoms with Gasteiger partial charge in [-0.1, -0.05) is 0 Å². The Bertz CT molecular complexity index is 629. The Morgan fingerprint density at radius 3 is 3.05 bits per heavy atom. The predicted molar refractivity (Wildman–Crippen MR) is 62.7 cm³/mol. The van der Waals surface area contributed by atoms with E-state index < -0.39 is 37.9 Å². The van der Waals surface area contributed by atoms with E-state index in [0.29, 0.717) is 5.56 Å². The number of nitrogens with one attached hydrogen (secondary N) is 1. The molecule has 1 aromatic heterocycles. The topological polar surface area (TPSA) is 113 Å². The van der Waals surface area contributed by atoms with Crippen molar-refractivity contribution in [2.45, 2.75) is 38.7 Å². The van der Waals surface area contributed by atoms with Crippen LogP contribution in [-0.2, 0) is 13.8 Å². The van der Waals surface area contributed by atoms with E-state index in [1.807, 2.05) is 0 Å². The molecule has 8 nitrogen and oxygen atoms in total. The maximum atomic E-state index is 11.7. The fourth-order valence-corrected chi connectivity index (χ4v) is 2.34. The van der Waals surface area contributed by atoms with E-state index in [2.05, 4.69) is 9.51 Å². The molecule has 0 saturated carbocycles. The molecule has 9 heteroatoms. The van der Waals surface area contributed by atoms with Crippen molar-refractivity contribution < 1.29 is 20.1 Å². The van der Waals surface area contributed by atoms with Gasteiger partial charge in [-0.15, -0.1) is 4.52 Å². The summed E-state index contributed by atoms with van der Waals surface area (Å²) in [5.74, 6) is 0. The average Bonchev–Trinajstić information content (AvgIpc) is 2.75. The van der Waals surface area contributed by atoms with E-state index in [-0.39, 0.29) is 13.3 Å². The number of H-pyrrole nitrogens is 1. The van der Waals surface area contributed by atoms with Crippen molar-refractivity contribution in [3.05, 3.63) is 32.6 Å². The second kappa shape index (κ2) is 5.34. The molecular weight excluding hydrogens is 275 g/mol. The van der Waals surface area contributed by atoms with Gasteiger partial charge in [0.1, 0.15) is 12.3 Å². The minimum Gasteiger partial charge on any atom is -0.566 e. The third-order valence-electron chi connectivity index (χ3n) is 2.86. The van der Waals surface area contributed by atoms with E-state index in [0.717, 1.165) is 0 Å². The summed E-state index contributed by atoms with van der Waals surface area (Å²) in [5, 5.41) is 0. The summed E-state index contributed by atoms with van der Waals surface area (Å²) >= 11 is 0. The third-order valence-corrected chi connectivity index (χ3v) is 3.30. The zero-order valence-corrected chi connectivity index (χ0v) is 11.0. The van der Waals surface area contributed by atoms with Gasteiger partial charge in [0, 0.05) is 19.6 Å². The number of aryl methyl sites for hydroxylation is 1. The summed E-state index contributed by atoms with van der Waals surface area (Å²) in [4.78, 5) is 35.8. The molecule has 1 N–H and O–H groups in total. The Labute approximate surface area is 110 Å². The third kappa shape index (κ3) is 2.98. The number of aromatic amines is 1. The molecule has 104 valence electrons. The summed E-state index contributed by atoms with van der Waals surface area (Å²) < 4.78 is 29.2. The molecule has 0 bridgehead atoms. The molecule has 2 unspecified atom stereocenters. The Morgan fingerprint density at radius 1 is 1.68 bits per heavy atom. The molecule has 1 fully saturated rings. The van der Waals surface area contributed by atoms with Crippen molar-refractivity contribution in [3.63, 3.8) is 0 Å². The number of aromatic nitrogens is 2. The first kappa shape index (κ1) is 12.7. The maximum Gasteiger partial charge on any atom is 0.488 e. The van der Waals surface area contributed by atoms with Gasteiger partial charge in [-0.05, 0) is 18.4 Å². The minimum absolute atomic E-state index is 0.109. The SMILES string of the molecule is [2H]C[C@H]1O[C@@H](n2cc(C)c(=O)[nH]c2=O)CC1O[P+](=O)[O-]. The highest BCUT2D eigenvalue weighted by atomic mass is 31.1. The fraction of sp³-hybridized carbons (Fsp3) is 0.600. The molecule has 0 radical (unpaired) electrons. The van der Waals surface area contributed by atoms with Crippen molar-refractivity contribution in [1.82, 2.24) is 9.55 Å². The second-order valence-electron chi connectivity index (χ2n) is 4.21. The van der Waals surface area contributed by atoms with Crippen LogP contribution in [0.3, 0.4) is 0 Å². The Balaban J connectivity index is 2.27. The second-order valence-corrected chi connectivity index (χ2v) is 4.87. The molecule has 2 rings (SSSR count). The van der Waals surface area contributed by atoms with Gasteiger partial charge in [-0.25, -0.2) is 4.79 Å². The first-order valence-corrected chi connectivity index (χ1v) is 6.60. The molecule has 1 aliphatic rings. The maximum absolute atomic E-state index is 11.7. The fourth-order valence-electron chi connectivity index (χ4n) is 1.90. The number of nitrogens with zero attached hydrogens (tertiary/aromatic N) is 1. The van der Waals surface area contributed by atoms with E-state index in [9.17, 15) is 19.0 Å². The minimum atomic E-state index is -3.06. The number of hydrogen-bond donors (Lipinski definition) is 1. The highest BCUT2D eigenvalue weighted by Crippen LogP contribution is 2.33. The van der Waals surface area contributed by atoms with Crippen molar-refractivity contribution >= 4 is 8.25 Å². The van der Waals surface area contributed by atoms with Gasteiger partial charge >= 0.3 is 13.9 Å². The van der Waals surface area contributed by atoms with Crippen LogP contribution in [0, 0.1) is 6.92 Å². The number of hydrogen-bond acceptors (Lipinski definition) is 6. The molecule has 4 atom stereocenters. The predicted octanol–water partition coefficient (Wildman–Crippen LogP) is -0.445. The van der Waals surface area contributed by atoms with Gasteiger partial charge in [-0.3, -0.25) is 14.3 Å². The summed E-state index contributed by atoms with van der Waals surface area (Å²) in [6, 6.07) is 0. The standard InChI is InChI=1S/C10H13N2O6P/c1-5-4-12(10(14)11-9(5)13)8-3-7(6(2)17-8)18-19(15)16/h4,6-8H,3H2,1-2H3,(H,11,13,14)/t6-,7?,8-/m1/s1/i2D. The van der Waals surface area contributed by atoms with Crippen molar-refractivity contribution in [1.29, 1.82) is 0 Å². The first-order valence-electron chi connectivity index (χ1n) is 6.21. The molecule has 1 aromatic rings. The highest BCUT2D eigenvalue weighted by molar-refractivity contribution is 7.30. The van der Waals surface area contributed by atoms with Gasteiger partial charge in [0.2, 0.25) is 0 Å². The van der Waals surface area contributed by atoms with Gasteiger partial charge in [0.15, 0.2) is 0 Å². The van der Waals surface area contributed by atoms with Gasteiger partial charge in [0.25, 0.3) is 5.56 Å². The molecule has 0 amide bonds. The van der Waals surface area contributed by atoms with Gasteiger partial charge in [-0.2, -0.15) is 0 Å². The van der Waals surface area contributed by atoms with Crippen LogP contribution in [0.15, 0.2) is 15.8 Å². The van der Waals surface area contributed by atoms with Crippen molar-refractivity contribution in [3.8, 4) is 0 Å². The van der Waals surface area contributed by atoms with Crippen LogP contribution in [0.5, 0.6) is 0 Å². The summed E-state index contributed by atoms with van der Waals surface area (Å²) in [6.45, 7) is 1.34. The Hall–Kier alpha value is -1.34. The molecule has 0 spiro atoms. The molecule has 0 aliphatic carbocycles. The normalized spacial score (nSPS) is 28.2.